The van der Waals surface area contributed by atoms with Crippen molar-refractivity contribution in [3.8, 4) is 5.75 Å². The Labute approximate surface area is 277 Å². The van der Waals surface area contributed by atoms with Gasteiger partial charge in [-0.1, -0.05) is 82.7 Å². The van der Waals surface area contributed by atoms with Crippen molar-refractivity contribution in [1.29, 1.82) is 0 Å². The van der Waals surface area contributed by atoms with Crippen molar-refractivity contribution in [2.45, 2.75) is 29.7 Å². The van der Waals surface area contributed by atoms with E-state index in [0.717, 1.165) is 28.0 Å². The molecular formula is C33H24Cl2N4O4S2. The van der Waals surface area contributed by atoms with Crippen molar-refractivity contribution >= 4 is 68.9 Å². The fourth-order valence-corrected chi connectivity index (χ4v) is 7.24. The monoisotopic (exact) mass is 674 g/mol. The molecule has 1 atom stereocenters. The second-order valence-corrected chi connectivity index (χ2v) is 13.1. The van der Waals surface area contributed by atoms with Crippen LogP contribution in [-0.4, -0.2) is 32.0 Å². The Morgan fingerprint density at radius 3 is 2.53 bits per heavy atom. The minimum Gasteiger partial charge on any atom is -0.507 e. The van der Waals surface area contributed by atoms with Gasteiger partial charge in [0.1, 0.15) is 18.1 Å². The predicted molar refractivity (Wildman–Crippen MR) is 177 cm³/mol. The molecule has 0 radical (unpaired) electrons. The fraction of sp³-hybridized carbons (Fsp3) is 0.121. The molecule has 1 fully saturated rings. The lowest BCUT2D eigenvalue weighted by molar-refractivity contribution is -0.132. The Kier molecular flexibility index (Phi) is 9.18. The van der Waals surface area contributed by atoms with E-state index < -0.39 is 17.7 Å². The number of aliphatic hydroxyl groups is 1. The molecule has 1 unspecified atom stereocenters. The average Bonchev–Trinajstić information content (AvgIpc) is 3.62. The molecule has 226 valence electrons. The highest BCUT2D eigenvalue weighted by molar-refractivity contribution is 8.00. The number of aryl methyl sites for hydroxylation is 1. The van der Waals surface area contributed by atoms with Crippen molar-refractivity contribution in [3.63, 3.8) is 0 Å². The van der Waals surface area contributed by atoms with Gasteiger partial charge in [-0.3, -0.25) is 19.5 Å². The highest BCUT2D eigenvalue weighted by Crippen LogP contribution is 2.44. The van der Waals surface area contributed by atoms with Crippen LogP contribution >= 0.6 is 46.3 Å². The van der Waals surface area contributed by atoms with E-state index in [1.165, 1.54) is 16.7 Å². The van der Waals surface area contributed by atoms with Gasteiger partial charge >= 0.3 is 5.91 Å². The summed E-state index contributed by atoms with van der Waals surface area (Å²) < 4.78 is 6.51. The topological polar surface area (TPSA) is 106 Å². The predicted octanol–water partition coefficient (Wildman–Crippen LogP) is 8.05. The summed E-state index contributed by atoms with van der Waals surface area (Å²) in [5.74, 6) is -0.875. The maximum absolute atomic E-state index is 13.5. The van der Waals surface area contributed by atoms with Gasteiger partial charge in [0.15, 0.2) is 4.34 Å². The summed E-state index contributed by atoms with van der Waals surface area (Å²) in [6, 6.07) is 22.4. The van der Waals surface area contributed by atoms with Crippen molar-refractivity contribution in [2.75, 3.05) is 4.90 Å². The number of halogens is 2. The van der Waals surface area contributed by atoms with Crippen molar-refractivity contribution in [3.05, 3.63) is 135 Å². The number of thioether (sulfide) groups is 1. The van der Waals surface area contributed by atoms with Gasteiger partial charge < -0.3 is 9.84 Å². The molecule has 1 aliphatic rings. The minimum atomic E-state index is -0.966. The number of hydrogen-bond acceptors (Lipinski definition) is 9. The SMILES string of the molecule is Cc1ccccc1COc1ccc(C(O)=C2C(=O)C(=O)N(c3nnc(SCc4ccc(Cl)cc4Cl)s3)C2c2cccnc2)cc1. The second kappa shape index (κ2) is 13.4. The number of hydrogen-bond donors (Lipinski definition) is 1. The van der Waals surface area contributed by atoms with E-state index in [4.69, 9.17) is 27.9 Å². The summed E-state index contributed by atoms with van der Waals surface area (Å²) in [5, 5.41) is 21.2. The molecule has 2 aromatic heterocycles. The number of amides is 1. The van der Waals surface area contributed by atoms with Crippen molar-refractivity contribution in [2.24, 2.45) is 0 Å². The van der Waals surface area contributed by atoms with Crippen LogP contribution in [0.15, 0.2) is 101 Å². The Morgan fingerprint density at radius 1 is 1.00 bits per heavy atom. The standard InChI is InChI=1S/C33H24Cl2N4O4S2/c1-19-5-2-3-6-22(19)17-43-25-12-9-20(10-13-25)29(40)27-28(21-7-4-14-36-16-21)39(31(42)30(27)41)32-37-38-33(45-32)44-18-23-8-11-24(34)15-26(23)35/h2-16,28,40H,17-18H2,1H3. The number of Topliss-reactive ketones (excluding diaryl/α,β-unsaturated/α-hetero) is 1. The van der Waals surface area contributed by atoms with Crippen molar-refractivity contribution in [1.82, 2.24) is 15.2 Å². The Hall–Kier alpha value is -4.22. The summed E-state index contributed by atoms with van der Waals surface area (Å²) in [6.07, 6.45) is 3.14. The minimum absolute atomic E-state index is 0.0704. The molecule has 0 bridgehead atoms. The number of nitrogens with zero attached hydrogens (tertiary/aromatic N) is 4. The number of carbonyl (C=O) groups excluding carboxylic acids is 2. The molecule has 0 saturated carbocycles. The summed E-state index contributed by atoms with van der Waals surface area (Å²) in [6.45, 7) is 2.41. The molecule has 3 aromatic carbocycles. The first-order chi connectivity index (χ1) is 21.8. The van der Waals surface area contributed by atoms with Crippen LogP contribution in [0.5, 0.6) is 5.75 Å². The molecule has 1 N–H and O–H groups in total. The molecule has 1 amide bonds. The van der Waals surface area contributed by atoms with E-state index in [1.54, 1.807) is 60.9 Å². The number of anilines is 1. The highest BCUT2D eigenvalue weighted by Gasteiger charge is 2.48. The highest BCUT2D eigenvalue weighted by atomic mass is 35.5. The van der Waals surface area contributed by atoms with Crippen LogP contribution in [0.1, 0.15) is 33.9 Å². The third kappa shape index (κ3) is 6.60. The summed E-state index contributed by atoms with van der Waals surface area (Å²) >= 11 is 14.9. The molecule has 8 nitrogen and oxygen atoms in total. The first kappa shape index (κ1) is 30.8. The number of rotatable bonds is 9. The van der Waals surface area contributed by atoms with Gasteiger partial charge in [0, 0.05) is 33.8 Å². The zero-order valence-corrected chi connectivity index (χ0v) is 26.8. The second-order valence-electron chi connectivity index (χ2n) is 10.1. The van der Waals surface area contributed by atoms with Crippen LogP contribution in [0.3, 0.4) is 0 Å². The van der Waals surface area contributed by atoms with Gasteiger partial charge in [-0.25, -0.2) is 0 Å². The molecule has 12 heteroatoms. The van der Waals surface area contributed by atoms with Crippen LogP contribution in [-0.2, 0) is 21.9 Å². The lowest BCUT2D eigenvalue weighted by Crippen LogP contribution is -2.29. The van der Waals surface area contributed by atoms with Gasteiger partial charge in [-0.15, -0.1) is 10.2 Å². The summed E-state index contributed by atoms with van der Waals surface area (Å²) in [4.78, 5) is 32.5. The van der Waals surface area contributed by atoms with Crippen molar-refractivity contribution < 1.29 is 19.4 Å². The molecule has 3 heterocycles. The number of ketones is 1. The van der Waals surface area contributed by atoms with E-state index in [1.807, 2.05) is 37.3 Å². The Morgan fingerprint density at radius 2 is 1.80 bits per heavy atom. The quantitative estimate of drug-likeness (QED) is 0.0550. The first-order valence-corrected chi connectivity index (χ1v) is 16.2. The molecule has 1 saturated heterocycles. The number of ether oxygens (including phenoxy) is 1. The van der Waals surface area contributed by atoms with E-state index in [0.29, 0.717) is 43.6 Å². The largest absolute Gasteiger partial charge is 0.507 e. The molecule has 45 heavy (non-hydrogen) atoms. The third-order valence-corrected chi connectivity index (χ3v) is 9.89. The Balaban J connectivity index is 1.28. The molecular weight excluding hydrogens is 651 g/mol. The molecule has 1 aliphatic heterocycles. The van der Waals surface area contributed by atoms with Gasteiger partial charge in [0.2, 0.25) is 5.13 Å². The molecule has 6 rings (SSSR count). The zero-order valence-electron chi connectivity index (χ0n) is 23.7. The van der Waals surface area contributed by atoms with E-state index in [9.17, 15) is 14.7 Å². The van der Waals surface area contributed by atoms with Crippen LogP contribution in [0.4, 0.5) is 5.13 Å². The lowest BCUT2D eigenvalue weighted by Gasteiger charge is -2.22. The lowest BCUT2D eigenvalue weighted by atomic mass is 9.96. The maximum Gasteiger partial charge on any atom is 0.301 e. The summed E-state index contributed by atoms with van der Waals surface area (Å²) in [7, 11) is 0. The number of benzene rings is 3. The molecule has 0 spiro atoms. The average molecular weight is 676 g/mol. The number of carbonyl (C=O) groups is 2. The van der Waals surface area contributed by atoms with Gasteiger partial charge in [0.05, 0.1) is 11.6 Å². The van der Waals surface area contributed by atoms with Crippen LogP contribution in [0.2, 0.25) is 10.0 Å². The number of aliphatic hydroxyl groups excluding tert-OH is 1. The molecule has 0 aliphatic carbocycles. The van der Waals surface area contributed by atoms with Crippen LogP contribution < -0.4 is 9.64 Å². The van der Waals surface area contributed by atoms with E-state index >= 15 is 0 Å². The normalized spacial score (nSPS) is 15.9. The maximum atomic E-state index is 13.5. The van der Waals surface area contributed by atoms with Crippen LogP contribution in [0, 0.1) is 6.92 Å². The number of aromatic nitrogens is 3. The van der Waals surface area contributed by atoms with E-state index in [-0.39, 0.29) is 16.5 Å². The third-order valence-electron chi connectivity index (χ3n) is 7.20. The van der Waals surface area contributed by atoms with Crippen LogP contribution in [0.25, 0.3) is 5.76 Å². The number of pyridine rings is 1. The molecule has 5 aromatic rings. The van der Waals surface area contributed by atoms with E-state index in [2.05, 4.69) is 15.2 Å². The fourth-order valence-electron chi connectivity index (χ4n) is 4.82. The Bertz CT molecular complexity index is 1920. The van der Waals surface area contributed by atoms with Gasteiger partial charge in [0.25, 0.3) is 5.78 Å². The first-order valence-electron chi connectivity index (χ1n) is 13.7. The smallest absolute Gasteiger partial charge is 0.301 e. The van der Waals surface area contributed by atoms with Gasteiger partial charge in [-0.05, 0) is 71.6 Å². The zero-order chi connectivity index (χ0) is 31.5. The summed E-state index contributed by atoms with van der Waals surface area (Å²) in [5.41, 5.74) is 3.88. The van der Waals surface area contributed by atoms with Gasteiger partial charge in [-0.2, -0.15) is 0 Å².